The molecule has 3 amide bonds. The van der Waals surface area contributed by atoms with Crippen LogP contribution in [0.1, 0.15) is 60.3 Å². The molecule has 1 rings (SSSR count). The standard InChI is InChI=1S/C9H14O.C7H13BrN2O2.BrH/c1-7-4-8(10)6-9(2,3)5-7;1-3-7(8,4-2)5(11)10-6(9)12;/h4H,5-6H2,1-3H3;3-4H2,1-2H3,(H3,9,10,11,12);1H. The molecule has 0 aromatic carbocycles. The summed E-state index contributed by atoms with van der Waals surface area (Å²) in [4.78, 5) is 32.6. The van der Waals surface area contributed by atoms with Crippen molar-refractivity contribution in [3.8, 4) is 0 Å². The highest BCUT2D eigenvalue weighted by Gasteiger charge is 2.32. The molecule has 0 unspecified atom stereocenters. The van der Waals surface area contributed by atoms with Crippen LogP contribution in [0.5, 0.6) is 0 Å². The summed E-state index contributed by atoms with van der Waals surface area (Å²) in [5.41, 5.74) is 6.24. The number of ketones is 1. The van der Waals surface area contributed by atoms with Gasteiger partial charge in [0.2, 0.25) is 5.91 Å². The van der Waals surface area contributed by atoms with Crippen LogP contribution in [0.3, 0.4) is 0 Å². The molecule has 0 saturated carbocycles. The summed E-state index contributed by atoms with van der Waals surface area (Å²) < 4.78 is -0.665. The molecule has 0 heterocycles. The molecule has 0 aromatic rings. The zero-order valence-electron chi connectivity index (χ0n) is 14.5. The van der Waals surface area contributed by atoms with E-state index in [-0.39, 0.29) is 34.1 Å². The number of urea groups is 1. The number of nitrogens with two attached hydrogens (primary N) is 1. The predicted octanol–water partition coefficient (Wildman–Crippen LogP) is 4.03. The Labute approximate surface area is 157 Å². The molecule has 7 heteroatoms. The fraction of sp³-hybridized carbons (Fsp3) is 0.688. The highest BCUT2D eigenvalue weighted by atomic mass is 79.9. The van der Waals surface area contributed by atoms with E-state index in [0.29, 0.717) is 19.3 Å². The molecule has 0 aromatic heterocycles. The Hall–Kier alpha value is -0.690. The minimum absolute atomic E-state index is 0. The van der Waals surface area contributed by atoms with Crippen molar-refractivity contribution in [3.05, 3.63) is 11.6 Å². The van der Waals surface area contributed by atoms with Gasteiger partial charge in [-0.15, -0.1) is 17.0 Å². The predicted molar refractivity (Wildman–Crippen MR) is 102 cm³/mol. The van der Waals surface area contributed by atoms with E-state index in [0.717, 1.165) is 6.42 Å². The van der Waals surface area contributed by atoms with Gasteiger partial charge in [0.25, 0.3) is 0 Å². The molecule has 0 radical (unpaired) electrons. The quantitative estimate of drug-likeness (QED) is 0.629. The third-order valence-corrected chi connectivity index (χ3v) is 5.06. The van der Waals surface area contributed by atoms with Crippen molar-refractivity contribution in [3.63, 3.8) is 0 Å². The summed E-state index contributed by atoms with van der Waals surface area (Å²) in [5, 5.41) is 2.04. The topological polar surface area (TPSA) is 89.3 Å². The van der Waals surface area contributed by atoms with E-state index >= 15 is 0 Å². The van der Waals surface area contributed by atoms with Crippen LogP contribution in [-0.2, 0) is 9.59 Å². The number of rotatable bonds is 3. The van der Waals surface area contributed by atoms with Crippen molar-refractivity contribution in [2.75, 3.05) is 0 Å². The van der Waals surface area contributed by atoms with Gasteiger partial charge in [-0.1, -0.05) is 49.2 Å². The van der Waals surface area contributed by atoms with Crippen LogP contribution >= 0.6 is 32.9 Å². The molecule has 0 atom stereocenters. The van der Waals surface area contributed by atoms with Gasteiger partial charge in [-0.05, 0) is 37.7 Å². The number of amides is 3. The molecule has 23 heavy (non-hydrogen) atoms. The third kappa shape index (κ3) is 9.25. The number of allylic oxidation sites excluding steroid dienone is 2. The van der Waals surface area contributed by atoms with E-state index in [1.807, 2.05) is 26.1 Å². The molecular formula is C16H28Br2N2O3. The Balaban J connectivity index is 0. The first kappa shape index (κ1) is 24.6. The van der Waals surface area contributed by atoms with Gasteiger partial charge in [0.15, 0.2) is 5.78 Å². The maximum absolute atomic E-state index is 11.3. The molecular weight excluding hydrogens is 428 g/mol. The number of halogens is 2. The van der Waals surface area contributed by atoms with E-state index in [1.165, 1.54) is 5.57 Å². The second-order valence-corrected chi connectivity index (χ2v) is 7.98. The lowest BCUT2D eigenvalue weighted by atomic mass is 9.77. The van der Waals surface area contributed by atoms with Gasteiger partial charge < -0.3 is 5.73 Å². The number of hydrogen-bond acceptors (Lipinski definition) is 3. The van der Waals surface area contributed by atoms with Gasteiger partial charge in [-0.3, -0.25) is 14.9 Å². The van der Waals surface area contributed by atoms with Crippen LogP contribution in [0.4, 0.5) is 4.79 Å². The second-order valence-electron chi connectivity index (χ2n) is 6.47. The number of primary amides is 1. The Morgan fingerprint density at radius 3 is 2.09 bits per heavy atom. The van der Waals surface area contributed by atoms with Gasteiger partial charge in [-0.25, -0.2) is 4.79 Å². The van der Waals surface area contributed by atoms with Crippen LogP contribution < -0.4 is 11.1 Å². The van der Waals surface area contributed by atoms with Crippen molar-refractivity contribution in [2.45, 2.75) is 64.6 Å². The lowest BCUT2D eigenvalue weighted by molar-refractivity contribution is -0.122. The summed E-state index contributed by atoms with van der Waals surface area (Å²) in [5.74, 6) is -0.0891. The lowest BCUT2D eigenvalue weighted by Gasteiger charge is -2.27. The normalized spacial score (nSPS) is 16.3. The van der Waals surface area contributed by atoms with Gasteiger partial charge in [0.1, 0.15) is 4.32 Å². The molecule has 0 fully saturated rings. The maximum Gasteiger partial charge on any atom is 0.318 e. The summed E-state index contributed by atoms with van der Waals surface area (Å²) in [7, 11) is 0. The Bertz CT molecular complexity index is 470. The largest absolute Gasteiger partial charge is 0.351 e. The number of nitrogens with one attached hydrogen (secondary N) is 1. The molecule has 0 bridgehead atoms. The van der Waals surface area contributed by atoms with E-state index in [4.69, 9.17) is 5.73 Å². The minimum Gasteiger partial charge on any atom is -0.351 e. The molecule has 3 N–H and O–H groups in total. The summed E-state index contributed by atoms with van der Waals surface area (Å²) in [6.45, 7) is 10.0. The summed E-state index contributed by atoms with van der Waals surface area (Å²) in [6, 6.07) is -0.814. The minimum atomic E-state index is -0.814. The maximum atomic E-state index is 11.3. The first-order valence-corrected chi connectivity index (χ1v) is 8.25. The van der Waals surface area contributed by atoms with Gasteiger partial charge >= 0.3 is 6.03 Å². The smallest absolute Gasteiger partial charge is 0.318 e. The highest BCUT2D eigenvalue weighted by molar-refractivity contribution is 9.10. The first-order valence-electron chi connectivity index (χ1n) is 7.45. The lowest BCUT2D eigenvalue weighted by Crippen LogP contribution is -2.46. The monoisotopic (exact) mass is 454 g/mol. The molecule has 5 nitrogen and oxygen atoms in total. The van der Waals surface area contributed by atoms with E-state index in [2.05, 4.69) is 29.8 Å². The van der Waals surface area contributed by atoms with E-state index in [1.54, 1.807) is 6.08 Å². The van der Waals surface area contributed by atoms with Crippen LogP contribution in [0, 0.1) is 5.41 Å². The van der Waals surface area contributed by atoms with Crippen LogP contribution in [0.15, 0.2) is 11.6 Å². The molecule has 134 valence electrons. The zero-order chi connectivity index (χ0) is 17.6. The molecule has 1 aliphatic rings. The van der Waals surface area contributed by atoms with Gasteiger partial charge in [0, 0.05) is 6.42 Å². The fourth-order valence-corrected chi connectivity index (χ4v) is 2.56. The number of imide groups is 1. The van der Waals surface area contributed by atoms with Gasteiger partial charge in [0.05, 0.1) is 0 Å². The highest BCUT2D eigenvalue weighted by Crippen LogP contribution is 2.32. The second kappa shape index (κ2) is 10.2. The molecule has 0 spiro atoms. The molecule has 1 aliphatic carbocycles. The zero-order valence-corrected chi connectivity index (χ0v) is 17.8. The van der Waals surface area contributed by atoms with E-state index < -0.39 is 10.4 Å². The fourth-order valence-electron chi connectivity index (χ4n) is 2.46. The number of carbonyl (C=O) groups is 3. The average Bonchev–Trinajstić information content (AvgIpc) is 2.34. The van der Waals surface area contributed by atoms with Gasteiger partial charge in [-0.2, -0.15) is 0 Å². The van der Waals surface area contributed by atoms with Crippen molar-refractivity contribution in [1.29, 1.82) is 0 Å². The Morgan fingerprint density at radius 1 is 1.30 bits per heavy atom. The Kier molecular flexibility index (Phi) is 10.9. The van der Waals surface area contributed by atoms with Crippen LogP contribution in [0.25, 0.3) is 0 Å². The summed E-state index contributed by atoms with van der Waals surface area (Å²) >= 11 is 3.26. The van der Waals surface area contributed by atoms with Crippen molar-refractivity contribution < 1.29 is 14.4 Å². The molecule has 0 saturated heterocycles. The average molecular weight is 456 g/mol. The first-order chi connectivity index (χ1) is 9.95. The van der Waals surface area contributed by atoms with Crippen molar-refractivity contribution in [2.24, 2.45) is 11.1 Å². The van der Waals surface area contributed by atoms with Crippen LogP contribution in [0.2, 0.25) is 0 Å². The molecule has 0 aliphatic heterocycles. The number of hydrogen-bond donors (Lipinski definition) is 2. The number of carbonyl (C=O) groups excluding carboxylic acids is 3. The van der Waals surface area contributed by atoms with E-state index in [9.17, 15) is 14.4 Å². The van der Waals surface area contributed by atoms with Crippen molar-refractivity contribution >= 4 is 50.6 Å². The SMILES string of the molecule is Br.CC1=CC(=O)CC(C)(C)C1.CCC(Br)(CC)C(=O)NC(N)=O. The van der Waals surface area contributed by atoms with Crippen molar-refractivity contribution in [1.82, 2.24) is 5.32 Å². The third-order valence-electron chi connectivity index (χ3n) is 3.58. The summed E-state index contributed by atoms with van der Waals surface area (Å²) in [6.07, 6.45) is 4.78. The Morgan fingerprint density at radius 2 is 1.78 bits per heavy atom. The number of alkyl halides is 1. The van der Waals surface area contributed by atoms with Crippen LogP contribution in [-0.4, -0.2) is 22.0 Å².